The van der Waals surface area contributed by atoms with Gasteiger partial charge in [-0.25, -0.2) is 4.98 Å². The van der Waals surface area contributed by atoms with E-state index >= 15 is 0 Å². The van der Waals surface area contributed by atoms with Crippen molar-refractivity contribution in [1.29, 1.82) is 0 Å². The van der Waals surface area contributed by atoms with Gasteiger partial charge in [0.25, 0.3) is 0 Å². The summed E-state index contributed by atoms with van der Waals surface area (Å²) in [6.45, 7) is 2.72. The molecule has 0 aliphatic carbocycles. The van der Waals surface area contributed by atoms with Crippen molar-refractivity contribution >= 4 is 11.3 Å². The van der Waals surface area contributed by atoms with E-state index in [1.165, 1.54) is 0 Å². The first-order valence-corrected chi connectivity index (χ1v) is 5.81. The first kappa shape index (κ1) is 10.3. The van der Waals surface area contributed by atoms with Crippen LogP contribution in [0.5, 0.6) is 0 Å². The van der Waals surface area contributed by atoms with Crippen LogP contribution in [0.4, 0.5) is 0 Å². The van der Waals surface area contributed by atoms with Gasteiger partial charge in [0.2, 0.25) is 0 Å². The summed E-state index contributed by atoms with van der Waals surface area (Å²) in [5, 5.41) is 13.0. The van der Waals surface area contributed by atoms with E-state index in [4.69, 9.17) is 0 Å². The predicted molar refractivity (Wildman–Crippen MR) is 58.5 cm³/mol. The molecule has 80 valence electrons. The van der Waals surface area contributed by atoms with Gasteiger partial charge in [-0.1, -0.05) is 5.21 Å². The van der Waals surface area contributed by atoms with E-state index in [0.29, 0.717) is 0 Å². The van der Waals surface area contributed by atoms with Gasteiger partial charge >= 0.3 is 0 Å². The van der Waals surface area contributed by atoms with Crippen LogP contribution in [0.1, 0.15) is 12.1 Å². The van der Waals surface area contributed by atoms with E-state index in [2.05, 4.69) is 26.0 Å². The van der Waals surface area contributed by atoms with Gasteiger partial charge in [-0.3, -0.25) is 4.68 Å². The number of nitrogens with zero attached hydrogens (tertiary/aromatic N) is 4. The van der Waals surface area contributed by atoms with Gasteiger partial charge in [-0.05, 0) is 13.0 Å². The second-order valence-corrected chi connectivity index (χ2v) is 3.89. The number of nitrogens with one attached hydrogen (secondary N) is 1. The molecule has 6 heteroatoms. The van der Waals surface area contributed by atoms with Crippen molar-refractivity contribution in [3.63, 3.8) is 0 Å². The van der Waals surface area contributed by atoms with E-state index < -0.39 is 0 Å². The van der Waals surface area contributed by atoms with Gasteiger partial charge in [0, 0.05) is 24.7 Å². The van der Waals surface area contributed by atoms with E-state index in [1.54, 1.807) is 17.5 Å². The first-order chi connectivity index (χ1) is 7.45. The number of thiazole rings is 1. The van der Waals surface area contributed by atoms with Crippen LogP contribution in [0.15, 0.2) is 23.3 Å². The minimum atomic E-state index is 0.848. The second kappa shape index (κ2) is 5.57. The molecule has 0 aromatic carbocycles. The Bertz CT molecular complexity index is 320. The van der Waals surface area contributed by atoms with Crippen LogP contribution in [0, 0.1) is 0 Å². The molecular formula is C9H13N5S. The Kier molecular flexibility index (Phi) is 3.81. The lowest BCUT2D eigenvalue weighted by Gasteiger charge is -2.02. The highest BCUT2D eigenvalue weighted by Crippen LogP contribution is 1.99. The molecular weight excluding hydrogens is 210 g/mol. The molecule has 0 aliphatic rings. The van der Waals surface area contributed by atoms with Crippen molar-refractivity contribution in [2.24, 2.45) is 0 Å². The van der Waals surface area contributed by atoms with Crippen molar-refractivity contribution in [2.75, 3.05) is 6.54 Å². The van der Waals surface area contributed by atoms with Gasteiger partial charge in [0.15, 0.2) is 0 Å². The minimum absolute atomic E-state index is 0.848. The average Bonchev–Trinajstić information content (AvgIpc) is 2.88. The predicted octanol–water partition coefficient (Wildman–Crippen LogP) is 0.914. The minimum Gasteiger partial charge on any atom is -0.311 e. The fraction of sp³-hybridized carbons (Fsp3) is 0.444. The number of hydrogen-bond donors (Lipinski definition) is 1. The monoisotopic (exact) mass is 223 g/mol. The highest BCUT2D eigenvalue weighted by molar-refractivity contribution is 7.07. The van der Waals surface area contributed by atoms with Gasteiger partial charge in [0.05, 0.1) is 17.4 Å². The SMILES string of the molecule is c1cn(CCCNCc2cscn2)nn1. The van der Waals surface area contributed by atoms with Crippen LogP contribution < -0.4 is 5.32 Å². The summed E-state index contributed by atoms with van der Waals surface area (Å²) in [6.07, 6.45) is 4.62. The summed E-state index contributed by atoms with van der Waals surface area (Å²) in [5.74, 6) is 0. The normalized spacial score (nSPS) is 10.7. The quantitative estimate of drug-likeness (QED) is 0.740. The third kappa shape index (κ3) is 3.41. The van der Waals surface area contributed by atoms with Crippen LogP contribution in [-0.4, -0.2) is 26.5 Å². The molecule has 0 bridgehead atoms. The fourth-order valence-corrected chi connectivity index (χ4v) is 1.82. The molecule has 0 fully saturated rings. The molecule has 0 amide bonds. The Morgan fingerprint density at radius 2 is 2.47 bits per heavy atom. The van der Waals surface area contributed by atoms with Crippen molar-refractivity contribution in [1.82, 2.24) is 25.3 Å². The standard InChI is InChI=1S/C9H13N5S/c1(4-14-5-3-12-13-14)2-10-6-9-7-15-8-11-9/h3,5,7-8,10H,1-2,4,6H2. The zero-order valence-corrected chi connectivity index (χ0v) is 9.15. The molecule has 0 spiro atoms. The molecule has 0 atom stereocenters. The zero-order chi connectivity index (χ0) is 10.3. The maximum atomic E-state index is 4.19. The highest BCUT2D eigenvalue weighted by atomic mass is 32.1. The second-order valence-electron chi connectivity index (χ2n) is 3.18. The molecule has 0 saturated heterocycles. The van der Waals surface area contributed by atoms with E-state index in [0.717, 1.165) is 31.7 Å². The highest BCUT2D eigenvalue weighted by Gasteiger charge is 1.94. The molecule has 1 N–H and O–H groups in total. The van der Waals surface area contributed by atoms with Crippen molar-refractivity contribution in [3.8, 4) is 0 Å². The van der Waals surface area contributed by atoms with Crippen LogP contribution in [0.2, 0.25) is 0 Å². The molecule has 2 aromatic rings. The van der Waals surface area contributed by atoms with E-state index in [1.807, 2.05) is 16.4 Å². The Hall–Kier alpha value is -1.27. The molecule has 0 saturated carbocycles. The lowest BCUT2D eigenvalue weighted by molar-refractivity contribution is 0.529. The summed E-state index contributed by atoms with van der Waals surface area (Å²) in [6, 6.07) is 0. The van der Waals surface area contributed by atoms with Crippen molar-refractivity contribution in [3.05, 3.63) is 29.0 Å². The maximum Gasteiger partial charge on any atom is 0.0795 e. The topological polar surface area (TPSA) is 55.6 Å². The molecule has 0 aliphatic heterocycles. The van der Waals surface area contributed by atoms with Crippen LogP contribution in [0.3, 0.4) is 0 Å². The Morgan fingerprint density at radius 1 is 1.47 bits per heavy atom. The molecule has 2 heterocycles. The van der Waals surface area contributed by atoms with Gasteiger partial charge < -0.3 is 5.32 Å². The lowest BCUT2D eigenvalue weighted by atomic mass is 10.4. The Balaban J connectivity index is 1.56. The number of rotatable bonds is 6. The van der Waals surface area contributed by atoms with Crippen LogP contribution >= 0.6 is 11.3 Å². The van der Waals surface area contributed by atoms with Crippen LogP contribution in [-0.2, 0) is 13.1 Å². The Morgan fingerprint density at radius 3 is 3.20 bits per heavy atom. The smallest absolute Gasteiger partial charge is 0.0795 e. The summed E-state index contributed by atoms with van der Waals surface area (Å²) in [4.78, 5) is 4.19. The number of aromatic nitrogens is 4. The van der Waals surface area contributed by atoms with Gasteiger partial charge in [0.1, 0.15) is 0 Å². The van der Waals surface area contributed by atoms with Crippen LogP contribution in [0.25, 0.3) is 0 Å². The van der Waals surface area contributed by atoms with E-state index in [9.17, 15) is 0 Å². The van der Waals surface area contributed by atoms with Gasteiger partial charge in [-0.15, -0.1) is 16.4 Å². The number of aryl methyl sites for hydroxylation is 1. The van der Waals surface area contributed by atoms with Gasteiger partial charge in [-0.2, -0.15) is 0 Å². The summed E-state index contributed by atoms with van der Waals surface area (Å²) < 4.78 is 1.84. The maximum absolute atomic E-state index is 4.19. The van der Waals surface area contributed by atoms with Crippen molar-refractivity contribution < 1.29 is 0 Å². The number of hydrogen-bond acceptors (Lipinski definition) is 5. The summed E-state index contributed by atoms with van der Waals surface area (Å²) >= 11 is 1.63. The van der Waals surface area contributed by atoms with Crippen molar-refractivity contribution in [2.45, 2.75) is 19.5 Å². The molecule has 0 unspecified atom stereocenters. The zero-order valence-electron chi connectivity index (χ0n) is 8.33. The molecule has 0 radical (unpaired) electrons. The summed E-state index contributed by atoms with van der Waals surface area (Å²) in [7, 11) is 0. The lowest BCUT2D eigenvalue weighted by Crippen LogP contribution is -2.16. The molecule has 5 nitrogen and oxygen atoms in total. The third-order valence-corrected chi connectivity index (χ3v) is 2.64. The first-order valence-electron chi connectivity index (χ1n) is 4.87. The largest absolute Gasteiger partial charge is 0.311 e. The van der Waals surface area contributed by atoms with E-state index in [-0.39, 0.29) is 0 Å². The summed E-state index contributed by atoms with van der Waals surface area (Å²) in [5.41, 5.74) is 2.97. The molecule has 2 aromatic heterocycles. The third-order valence-electron chi connectivity index (χ3n) is 2.00. The molecule has 2 rings (SSSR count). The average molecular weight is 223 g/mol. The fourth-order valence-electron chi connectivity index (χ4n) is 1.26. The molecule has 15 heavy (non-hydrogen) atoms. The Labute approximate surface area is 92.2 Å².